The molecule has 9 heteroatoms. The van der Waals surface area contributed by atoms with Crippen molar-refractivity contribution in [2.24, 2.45) is 5.92 Å². The Labute approximate surface area is 189 Å². The van der Waals surface area contributed by atoms with Crippen LogP contribution in [0, 0.1) is 11.7 Å². The van der Waals surface area contributed by atoms with E-state index in [0.717, 1.165) is 5.69 Å². The van der Waals surface area contributed by atoms with Gasteiger partial charge in [-0.3, -0.25) is 4.79 Å². The number of hydrogen-bond donors (Lipinski definition) is 1. The Balaban J connectivity index is 1.58. The maximum atomic E-state index is 13.1. The second-order valence-corrected chi connectivity index (χ2v) is 10.2. The number of carbonyl (C=O) groups excluding carboxylic acids is 1. The summed E-state index contributed by atoms with van der Waals surface area (Å²) in [5.41, 5.74) is 0.872. The Kier molecular flexibility index (Phi) is 7.73. The first kappa shape index (κ1) is 24.0. The number of carbonyl (C=O) groups is 1. The number of sulfonamides is 1. The number of ether oxygens (including phenoxy) is 1. The molecular formula is C23H30FN3O4S. The van der Waals surface area contributed by atoms with Crippen LogP contribution in [0.5, 0.6) is 5.75 Å². The van der Waals surface area contributed by atoms with Gasteiger partial charge in [-0.05, 0) is 61.4 Å². The molecule has 1 fully saturated rings. The van der Waals surface area contributed by atoms with Gasteiger partial charge in [0.25, 0.3) is 5.91 Å². The average Bonchev–Trinajstić information content (AvgIpc) is 2.78. The zero-order valence-electron chi connectivity index (χ0n) is 18.6. The third-order valence-electron chi connectivity index (χ3n) is 5.26. The molecule has 0 spiro atoms. The standard InChI is InChI=1S/C23H30FN3O4S/c1-17(2)16-25-23(28)18(3)31-21-8-10-22(11-9-21)32(29,30)27-14-12-26(13-15-27)20-6-4-19(24)5-7-20/h4-11,17-18H,12-16H2,1-3H3,(H,25,28)/t18-/m1/s1. The monoisotopic (exact) mass is 463 g/mol. The molecule has 1 N–H and O–H groups in total. The van der Waals surface area contributed by atoms with E-state index in [1.165, 1.54) is 28.6 Å². The fraction of sp³-hybridized carbons (Fsp3) is 0.435. The van der Waals surface area contributed by atoms with Crippen molar-refractivity contribution in [3.63, 3.8) is 0 Å². The summed E-state index contributed by atoms with van der Waals surface area (Å²) in [7, 11) is -3.64. The molecule has 1 heterocycles. The molecule has 0 aromatic heterocycles. The minimum Gasteiger partial charge on any atom is -0.481 e. The number of hydrogen-bond acceptors (Lipinski definition) is 5. The lowest BCUT2D eigenvalue weighted by Crippen LogP contribution is -2.48. The predicted octanol–water partition coefficient (Wildman–Crippen LogP) is 2.88. The summed E-state index contributed by atoms with van der Waals surface area (Å²) in [5, 5.41) is 2.81. The van der Waals surface area contributed by atoms with Crippen LogP contribution in [-0.4, -0.2) is 57.5 Å². The lowest BCUT2D eigenvalue weighted by molar-refractivity contribution is -0.127. The average molecular weight is 464 g/mol. The summed E-state index contributed by atoms with van der Waals surface area (Å²) >= 11 is 0. The second-order valence-electron chi connectivity index (χ2n) is 8.24. The van der Waals surface area contributed by atoms with Gasteiger partial charge in [-0.25, -0.2) is 12.8 Å². The quantitative estimate of drug-likeness (QED) is 0.651. The Morgan fingerprint density at radius 1 is 1.00 bits per heavy atom. The van der Waals surface area contributed by atoms with Gasteiger partial charge in [-0.1, -0.05) is 13.8 Å². The van der Waals surface area contributed by atoms with E-state index in [1.807, 2.05) is 18.7 Å². The number of benzene rings is 2. The van der Waals surface area contributed by atoms with Crippen LogP contribution in [0.3, 0.4) is 0 Å². The molecule has 1 aliphatic heterocycles. The van der Waals surface area contributed by atoms with Crippen molar-refractivity contribution in [2.45, 2.75) is 31.8 Å². The van der Waals surface area contributed by atoms with Crippen LogP contribution < -0.4 is 15.0 Å². The number of piperazine rings is 1. The van der Waals surface area contributed by atoms with Crippen LogP contribution in [-0.2, 0) is 14.8 Å². The third-order valence-corrected chi connectivity index (χ3v) is 7.17. The highest BCUT2D eigenvalue weighted by Gasteiger charge is 2.28. The molecule has 0 unspecified atom stereocenters. The molecule has 1 saturated heterocycles. The van der Waals surface area contributed by atoms with Crippen LogP contribution in [0.15, 0.2) is 53.4 Å². The lowest BCUT2D eigenvalue weighted by atomic mass is 10.2. The molecule has 174 valence electrons. The summed E-state index contributed by atoms with van der Waals surface area (Å²) in [4.78, 5) is 14.3. The third kappa shape index (κ3) is 5.98. The van der Waals surface area contributed by atoms with Crippen LogP contribution in [0.4, 0.5) is 10.1 Å². The van der Waals surface area contributed by atoms with Gasteiger partial charge in [-0.2, -0.15) is 4.31 Å². The molecule has 1 amide bonds. The topological polar surface area (TPSA) is 78.9 Å². The van der Waals surface area contributed by atoms with Gasteiger partial charge in [0.1, 0.15) is 11.6 Å². The van der Waals surface area contributed by atoms with E-state index < -0.39 is 16.1 Å². The van der Waals surface area contributed by atoms with E-state index in [1.54, 1.807) is 31.2 Å². The molecule has 0 bridgehead atoms. The van der Waals surface area contributed by atoms with Crippen molar-refractivity contribution in [2.75, 3.05) is 37.6 Å². The van der Waals surface area contributed by atoms with Crippen molar-refractivity contribution in [1.29, 1.82) is 0 Å². The number of halogens is 1. The molecule has 1 atom stereocenters. The van der Waals surface area contributed by atoms with E-state index in [4.69, 9.17) is 4.74 Å². The highest BCUT2D eigenvalue weighted by Crippen LogP contribution is 2.23. The normalized spacial score (nSPS) is 16.1. The van der Waals surface area contributed by atoms with Crippen molar-refractivity contribution in [3.8, 4) is 5.75 Å². The fourth-order valence-corrected chi connectivity index (χ4v) is 4.81. The Bertz CT molecular complexity index is 1000. The minimum atomic E-state index is -3.64. The molecule has 0 aliphatic carbocycles. The van der Waals surface area contributed by atoms with Crippen LogP contribution in [0.2, 0.25) is 0 Å². The molecule has 32 heavy (non-hydrogen) atoms. The zero-order valence-corrected chi connectivity index (χ0v) is 19.4. The lowest BCUT2D eigenvalue weighted by Gasteiger charge is -2.35. The number of nitrogens with zero attached hydrogens (tertiary/aromatic N) is 2. The number of anilines is 1. The van der Waals surface area contributed by atoms with Gasteiger partial charge in [0, 0.05) is 38.4 Å². The first-order chi connectivity index (χ1) is 15.2. The molecule has 2 aromatic rings. The highest BCUT2D eigenvalue weighted by atomic mass is 32.2. The van der Waals surface area contributed by atoms with Crippen molar-refractivity contribution >= 4 is 21.6 Å². The summed E-state index contributed by atoms with van der Waals surface area (Å²) in [5.74, 6) is 0.257. The summed E-state index contributed by atoms with van der Waals surface area (Å²) in [6.45, 7) is 7.96. The van der Waals surface area contributed by atoms with Gasteiger partial charge >= 0.3 is 0 Å². The molecule has 2 aromatic carbocycles. The predicted molar refractivity (Wildman–Crippen MR) is 122 cm³/mol. The first-order valence-corrected chi connectivity index (χ1v) is 12.2. The highest BCUT2D eigenvalue weighted by molar-refractivity contribution is 7.89. The zero-order chi connectivity index (χ0) is 23.3. The SMILES string of the molecule is CC(C)CNC(=O)[C@@H](C)Oc1ccc(S(=O)(=O)N2CCN(c3ccc(F)cc3)CC2)cc1. The molecule has 3 rings (SSSR count). The largest absolute Gasteiger partial charge is 0.481 e. The minimum absolute atomic E-state index is 0.178. The van der Waals surface area contributed by atoms with Crippen LogP contribution in [0.1, 0.15) is 20.8 Å². The number of rotatable bonds is 8. The van der Waals surface area contributed by atoms with E-state index in [-0.39, 0.29) is 16.6 Å². The first-order valence-electron chi connectivity index (χ1n) is 10.7. The molecular weight excluding hydrogens is 433 g/mol. The van der Waals surface area contributed by atoms with Crippen molar-refractivity contribution < 1.29 is 22.3 Å². The number of nitrogens with one attached hydrogen (secondary N) is 1. The van der Waals surface area contributed by atoms with Crippen LogP contribution in [0.25, 0.3) is 0 Å². The molecule has 7 nitrogen and oxygen atoms in total. The Hall–Kier alpha value is -2.65. The van der Waals surface area contributed by atoms with Gasteiger partial charge in [0.05, 0.1) is 4.90 Å². The van der Waals surface area contributed by atoms with Gasteiger partial charge < -0.3 is 15.0 Å². The second kappa shape index (κ2) is 10.3. The van der Waals surface area contributed by atoms with E-state index in [2.05, 4.69) is 5.32 Å². The maximum Gasteiger partial charge on any atom is 0.260 e. The smallest absolute Gasteiger partial charge is 0.260 e. The van der Waals surface area contributed by atoms with Gasteiger partial charge in [-0.15, -0.1) is 0 Å². The number of amides is 1. The van der Waals surface area contributed by atoms with E-state index >= 15 is 0 Å². The Morgan fingerprint density at radius 2 is 1.59 bits per heavy atom. The Morgan fingerprint density at radius 3 is 2.16 bits per heavy atom. The summed E-state index contributed by atoms with van der Waals surface area (Å²) < 4.78 is 46.3. The van der Waals surface area contributed by atoms with Crippen molar-refractivity contribution in [3.05, 3.63) is 54.3 Å². The maximum absolute atomic E-state index is 13.1. The van der Waals surface area contributed by atoms with E-state index in [0.29, 0.717) is 44.4 Å². The molecule has 0 radical (unpaired) electrons. The molecule has 0 saturated carbocycles. The van der Waals surface area contributed by atoms with Gasteiger partial charge in [0.2, 0.25) is 10.0 Å². The summed E-state index contributed by atoms with van der Waals surface area (Å²) in [6, 6.07) is 12.3. The van der Waals surface area contributed by atoms with Crippen molar-refractivity contribution in [1.82, 2.24) is 9.62 Å². The van der Waals surface area contributed by atoms with Gasteiger partial charge in [0.15, 0.2) is 6.10 Å². The van der Waals surface area contributed by atoms with E-state index in [9.17, 15) is 17.6 Å². The fourth-order valence-electron chi connectivity index (χ4n) is 3.38. The summed E-state index contributed by atoms with van der Waals surface area (Å²) in [6.07, 6.45) is -0.684. The molecule has 1 aliphatic rings. The van der Waals surface area contributed by atoms with Crippen LogP contribution >= 0.6 is 0 Å².